The Kier molecular flexibility index (Phi) is 6.05. The smallest absolute Gasteiger partial charge is 0.325 e. The summed E-state index contributed by atoms with van der Waals surface area (Å²) < 4.78 is 5.24. The molecule has 0 aliphatic carbocycles. The molecule has 0 fully saturated rings. The molecule has 1 amide bonds. The van der Waals surface area contributed by atoms with Gasteiger partial charge in [-0.3, -0.25) is 9.59 Å². The van der Waals surface area contributed by atoms with Crippen molar-refractivity contribution in [3.05, 3.63) is 27.4 Å². The highest BCUT2D eigenvalue weighted by molar-refractivity contribution is 7.17. The van der Waals surface area contributed by atoms with Crippen LogP contribution in [0, 0.1) is 0 Å². The molecular formula is C13H16ClNO3S. The van der Waals surface area contributed by atoms with E-state index in [1.165, 1.54) is 29.4 Å². The van der Waals surface area contributed by atoms with Gasteiger partial charge in [0.25, 0.3) is 0 Å². The second-order valence-electron chi connectivity index (χ2n) is 4.11. The summed E-state index contributed by atoms with van der Waals surface area (Å²) in [5, 5.41) is 0. The van der Waals surface area contributed by atoms with Crippen LogP contribution in [-0.2, 0) is 14.3 Å². The molecule has 0 atom stereocenters. The van der Waals surface area contributed by atoms with Crippen molar-refractivity contribution in [3.8, 4) is 0 Å². The van der Waals surface area contributed by atoms with Gasteiger partial charge in [-0.1, -0.05) is 11.6 Å². The van der Waals surface area contributed by atoms with E-state index in [4.69, 9.17) is 11.6 Å². The van der Waals surface area contributed by atoms with Gasteiger partial charge < -0.3 is 9.64 Å². The zero-order valence-electron chi connectivity index (χ0n) is 11.1. The number of thiophene rings is 1. The molecule has 1 aromatic rings. The molecule has 0 spiro atoms. The van der Waals surface area contributed by atoms with E-state index in [-0.39, 0.29) is 18.5 Å². The van der Waals surface area contributed by atoms with Crippen molar-refractivity contribution in [1.29, 1.82) is 0 Å². The van der Waals surface area contributed by atoms with Gasteiger partial charge in [-0.05, 0) is 32.1 Å². The third-order valence-electron chi connectivity index (χ3n) is 2.42. The van der Waals surface area contributed by atoms with Gasteiger partial charge in [0, 0.05) is 17.0 Å². The predicted octanol–water partition coefficient (Wildman–Crippen LogP) is 2.82. The fourth-order valence-electron chi connectivity index (χ4n) is 1.39. The van der Waals surface area contributed by atoms with Crippen molar-refractivity contribution < 1.29 is 14.3 Å². The molecule has 1 heterocycles. The summed E-state index contributed by atoms with van der Waals surface area (Å²) in [6.45, 7) is 3.63. The quantitative estimate of drug-likeness (QED) is 0.620. The van der Waals surface area contributed by atoms with Crippen molar-refractivity contribution >= 4 is 40.9 Å². The lowest BCUT2D eigenvalue weighted by atomic mass is 10.3. The molecule has 0 aromatic carbocycles. The molecule has 6 heteroatoms. The molecule has 0 aliphatic heterocycles. The van der Waals surface area contributed by atoms with E-state index in [0.29, 0.717) is 4.34 Å². The first-order valence-corrected chi connectivity index (χ1v) is 6.94. The lowest BCUT2D eigenvalue weighted by molar-refractivity contribution is -0.146. The summed E-state index contributed by atoms with van der Waals surface area (Å²) in [6, 6.07) is 3.52. The first kappa shape index (κ1) is 15.7. The van der Waals surface area contributed by atoms with Crippen molar-refractivity contribution in [2.24, 2.45) is 0 Å². The minimum atomic E-state index is -0.436. The van der Waals surface area contributed by atoms with E-state index in [2.05, 4.69) is 4.74 Å². The SMILES string of the molecule is COC(=O)CN(C(=O)C=Cc1ccc(Cl)s1)C(C)C. The van der Waals surface area contributed by atoms with Gasteiger partial charge in [-0.15, -0.1) is 11.3 Å². The molecule has 19 heavy (non-hydrogen) atoms. The molecule has 1 rings (SSSR count). The second-order valence-corrected chi connectivity index (χ2v) is 5.86. The molecule has 1 aromatic heterocycles. The summed E-state index contributed by atoms with van der Waals surface area (Å²) in [7, 11) is 1.30. The Bertz CT molecular complexity index is 482. The Labute approximate surface area is 121 Å². The van der Waals surface area contributed by atoms with E-state index in [1.807, 2.05) is 19.9 Å². The van der Waals surface area contributed by atoms with Crippen LogP contribution in [-0.4, -0.2) is 36.5 Å². The van der Waals surface area contributed by atoms with Crippen LogP contribution in [0.4, 0.5) is 0 Å². The number of amides is 1. The van der Waals surface area contributed by atoms with Gasteiger partial charge in [-0.2, -0.15) is 0 Å². The van der Waals surface area contributed by atoms with Gasteiger partial charge >= 0.3 is 5.97 Å². The zero-order valence-corrected chi connectivity index (χ0v) is 12.6. The highest BCUT2D eigenvalue weighted by Gasteiger charge is 2.18. The monoisotopic (exact) mass is 301 g/mol. The number of halogens is 1. The molecule has 0 aliphatic rings. The van der Waals surface area contributed by atoms with Gasteiger partial charge in [-0.25, -0.2) is 0 Å². The average Bonchev–Trinajstić information content (AvgIpc) is 2.78. The van der Waals surface area contributed by atoms with Crippen LogP contribution in [0.15, 0.2) is 18.2 Å². The fraction of sp³-hybridized carbons (Fsp3) is 0.385. The summed E-state index contributed by atoms with van der Waals surface area (Å²) in [4.78, 5) is 25.6. The summed E-state index contributed by atoms with van der Waals surface area (Å²) >= 11 is 7.19. The molecule has 0 saturated heterocycles. The van der Waals surface area contributed by atoms with Crippen LogP contribution in [0.2, 0.25) is 4.34 Å². The number of ether oxygens (including phenoxy) is 1. The lowest BCUT2D eigenvalue weighted by Crippen LogP contribution is -2.40. The lowest BCUT2D eigenvalue weighted by Gasteiger charge is -2.23. The average molecular weight is 302 g/mol. The van der Waals surface area contributed by atoms with Gasteiger partial charge in [0.05, 0.1) is 11.4 Å². The van der Waals surface area contributed by atoms with E-state index in [0.717, 1.165) is 4.88 Å². The molecule has 0 bridgehead atoms. The first-order valence-electron chi connectivity index (χ1n) is 5.75. The second kappa shape index (κ2) is 7.31. The Balaban J connectivity index is 2.72. The number of esters is 1. The number of rotatable bonds is 5. The molecule has 0 N–H and O–H groups in total. The molecular weight excluding hydrogens is 286 g/mol. The summed E-state index contributed by atoms with van der Waals surface area (Å²) in [5.74, 6) is -0.667. The van der Waals surface area contributed by atoms with Gasteiger partial charge in [0.15, 0.2) is 0 Å². The highest BCUT2D eigenvalue weighted by atomic mass is 35.5. The van der Waals surface area contributed by atoms with Crippen LogP contribution in [0.5, 0.6) is 0 Å². The number of carbonyl (C=O) groups excluding carboxylic acids is 2. The number of hydrogen-bond donors (Lipinski definition) is 0. The van der Waals surface area contributed by atoms with Crippen LogP contribution in [0.1, 0.15) is 18.7 Å². The highest BCUT2D eigenvalue weighted by Crippen LogP contribution is 2.22. The van der Waals surface area contributed by atoms with Gasteiger partial charge in [0.1, 0.15) is 6.54 Å². The predicted molar refractivity (Wildman–Crippen MR) is 77.2 cm³/mol. The standard InChI is InChI=1S/C13H16ClNO3S/c1-9(2)15(8-13(17)18-3)12(16)7-5-10-4-6-11(14)19-10/h4-7,9H,8H2,1-3H3. The van der Waals surface area contributed by atoms with E-state index < -0.39 is 5.97 Å². The maximum absolute atomic E-state index is 12.0. The van der Waals surface area contributed by atoms with Crippen LogP contribution >= 0.6 is 22.9 Å². The third-order valence-corrected chi connectivity index (χ3v) is 3.61. The van der Waals surface area contributed by atoms with Crippen molar-refractivity contribution in [2.75, 3.05) is 13.7 Å². The van der Waals surface area contributed by atoms with E-state index in [1.54, 1.807) is 12.1 Å². The number of nitrogens with zero attached hydrogens (tertiary/aromatic N) is 1. The summed E-state index contributed by atoms with van der Waals surface area (Å²) in [5.41, 5.74) is 0. The number of methoxy groups -OCH3 is 1. The third kappa shape index (κ3) is 5.04. The fourth-order valence-corrected chi connectivity index (χ4v) is 2.35. The van der Waals surface area contributed by atoms with E-state index >= 15 is 0 Å². The number of carbonyl (C=O) groups is 2. The minimum Gasteiger partial charge on any atom is -0.468 e. The van der Waals surface area contributed by atoms with E-state index in [9.17, 15) is 9.59 Å². The Morgan fingerprint density at radius 1 is 1.47 bits per heavy atom. The normalized spacial score (nSPS) is 11.0. The number of hydrogen-bond acceptors (Lipinski definition) is 4. The molecule has 4 nitrogen and oxygen atoms in total. The largest absolute Gasteiger partial charge is 0.468 e. The topological polar surface area (TPSA) is 46.6 Å². The van der Waals surface area contributed by atoms with Crippen LogP contribution in [0.3, 0.4) is 0 Å². The Hall–Kier alpha value is -1.33. The van der Waals surface area contributed by atoms with Gasteiger partial charge in [0.2, 0.25) is 5.91 Å². The van der Waals surface area contributed by atoms with Crippen LogP contribution in [0.25, 0.3) is 6.08 Å². The molecule has 0 unspecified atom stereocenters. The van der Waals surface area contributed by atoms with Crippen LogP contribution < -0.4 is 0 Å². The Morgan fingerprint density at radius 2 is 2.16 bits per heavy atom. The van der Waals surface area contributed by atoms with Crippen molar-refractivity contribution in [3.63, 3.8) is 0 Å². The van der Waals surface area contributed by atoms with Crippen molar-refractivity contribution in [2.45, 2.75) is 19.9 Å². The zero-order chi connectivity index (χ0) is 14.4. The molecule has 0 radical (unpaired) electrons. The molecule has 0 saturated carbocycles. The first-order chi connectivity index (χ1) is 8.93. The van der Waals surface area contributed by atoms with Crippen molar-refractivity contribution in [1.82, 2.24) is 4.90 Å². The molecule has 104 valence electrons. The summed E-state index contributed by atoms with van der Waals surface area (Å²) in [6.07, 6.45) is 3.12. The Morgan fingerprint density at radius 3 is 2.63 bits per heavy atom. The minimum absolute atomic E-state index is 0.0530. The maximum Gasteiger partial charge on any atom is 0.325 e. The maximum atomic E-state index is 12.0.